The summed E-state index contributed by atoms with van der Waals surface area (Å²) in [5.74, 6) is 0.603. The lowest BCUT2D eigenvalue weighted by atomic mass is 9.93. The number of fused-ring (bicyclic) bond motifs is 1. The maximum absolute atomic E-state index is 13.7. The van der Waals surface area contributed by atoms with E-state index >= 15 is 0 Å². The molecule has 3 aromatic rings. The summed E-state index contributed by atoms with van der Waals surface area (Å²) in [5, 5.41) is 18.3. The Labute approximate surface area is 223 Å². The molecule has 9 heteroatoms. The number of rotatable bonds is 9. The number of hydrogen-bond donors (Lipinski definition) is 2. The second-order valence-corrected chi connectivity index (χ2v) is 12.7. The Balaban J connectivity index is 1.54. The van der Waals surface area contributed by atoms with Gasteiger partial charge in [-0.15, -0.1) is 0 Å². The number of aromatic hydroxyl groups is 1. The van der Waals surface area contributed by atoms with E-state index in [2.05, 4.69) is 17.1 Å². The average Bonchev–Trinajstić information content (AvgIpc) is 3.55. The molecule has 0 bridgehead atoms. The molecule has 1 fully saturated rings. The van der Waals surface area contributed by atoms with Crippen LogP contribution in [0.3, 0.4) is 0 Å². The number of amides is 1. The van der Waals surface area contributed by atoms with Gasteiger partial charge >= 0.3 is 0 Å². The van der Waals surface area contributed by atoms with Crippen molar-refractivity contribution in [2.45, 2.75) is 65.0 Å². The van der Waals surface area contributed by atoms with Gasteiger partial charge in [0.2, 0.25) is 0 Å². The first kappa shape index (κ1) is 26.3. The van der Waals surface area contributed by atoms with Crippen LogP contribution >= 0.6 is 0 Å². The number of phenols is 1. The van der Waals surface area contributed by atoms with Gasteiger partial charge in [0.25, 0.3) is 5.91 Å². The molecule has 202 valence electrons. The summed E-state index contributed by atoms with van der Waals surface area (Å²) in [5.41, 5.74) is 4.57. The molecular formula is C29H35N3O5S. The van der Waals surface area contributed by atoms with Crippen LogP contribution in [0.2, 0.25) is 0 Å². The van der Waals surface area contributed by atoms with Gasteiger partial charge in [-0.1, -0.05) is 44.4 Å². The van der Waals surface area contributed by atoms with Gasteiger partial charge in [-0.25, -0.2) is 8.42 Å². The Morgan fingerprint density at radius 2 is 1.89 bits per heavy atom. The van der Waals surface area contributed by atoms with Crippen LogP contribution in [0, 0.1) is 13.8 Å². The molecule has 2 N–H and O–H groups in total. The highest BCUT2D eigenvalue weighted by atomic mass is 32.2. The number of hydrogen-bond acceptors (Lipinski definition) is 6. The van der Waals surface area contributed by atoms with Crippen LogP contribution < -0.4 is 4.74 Å². The minimum absolute atomic E-state index is 0.0595. The van der Waals surface area contributed by atoms with E-state index in [4.69, 9.17) is 4.74 Å². The van der Waals surface area contributed by atoms with E-state index in [1.807, 2.05) is 50.2 Å². The van der Waals surface area contributed by atoms with E-state index in [9.17, 15) is 18.3 Å². The predicted molar refractivity (Wildman–Crippen MR) is 146 cm³/mol. The number of aryl methyl sites for hydroxylation is 2. The number of nitrogens with zero attached hydrogens (tertiary/aromatic N) is 2. The van der Waals surface area contributed by atoms with Gasteiger partial charge in [-0.05, 0) is 61.6 Å². The number of H-pyrrole nitrogens is 1. The van der Waals surface area contributed by atoms with Crippen LogP contribution in [0.5, 0.6) is 11.5 Å². The number of benzene rings is 2. The van der Waals surface area contributed by atoms with Crippen LogP contribution in [0.1, 0.15) is 77.8 Å². The molecule has 0 aliphatic carbocycles. The van der Waals surface area contributed by atoms with E-state index in [0.717, 1.165) is 35.3 Å². The summed E-state index contributed by atoms with van der Waals surface area (Å²) < 4.78 is 30.7. The molecular weight excluding hydrogens is 502 g/mol. The van der Waals surface area contributed by atoms with Gasteiger partial charge in [-0.3, -0.25) is 9.89 Å². The van der Waals surface area contributed by atoms with Crippen molar-refractivity contribution in [2.75, 3.05) is 18.1 Å². The summed E-state index contributed by atoms with van der Waals surface area (Å²) in [6.45, 7) is 6.60. The molecule has 0 saturated carbocycles. The maximum atomic E-state index is 13.7. The fourth-order valence-electron chi connectivity index (χ4n) is 5.68. The smallest absolute Gasteiger partial charge is 0.273 e. The first-order chi connectivity index (χ1) is 18.2. The number of nitrogens with one attached hydrogen (secondary N) is 1. The zero-order chi connectivity index (χ0) is 27.0. The Morgan fingerprint density at radius 3 is 2.58 bits per heavy atom. The largest absolute Gasteiger partial charge is 0.507 e. The molecule has 2 aliphatic rings. The second kappa shape index (κ2) is 10.4. The summed E-state index contributed by atoms with van der Waals surface area (Å²) in [6, 6.07) is 10.4. The fraction of sp³-hybridized carbons (Fsp3) is 0.448. The summed E-state index contributed by atoms with van der Waals surface area (Å²) in [4.78, 5) is 15.4. The lowest BCUT2D eigenvalue weighted by molar-refractivity contribution is 0.0677. The van der Waals surface area contributed by atoms with Crippen LogP contribution in [-0.4, -0.2) is 58.7 Å². The van der Waals surface area contributed by atoms with Crippen molar-refractivity contribution in [3.8, 4) is 22.8 Å². The number of ether oxygens (including phenoxy) is 1. The van der Waals surface area contributed by atoms with Gasteiger partial charge in [0.15, 0.2) is 9.84 Å². The molecule has 0 radical (unpaired) electrons. The Hall–Kier alpha value is -3.33. The molecule has 38 heavy (non-hydrogen) atoms. The third kappa shape index (κ3) is 4.91. The molecule has 3 heterocycles. The van der Waals surface area contributed by atoms with Crippen LogP contribution in [0.15, 0.2) is 36.4 Å². The van der Waals surface area contributed by atoms with Crippen LogP contribution in [0.4, 0.5) is 0 Å². The lowest BCUT2D eigenvalue weighted by Crippen LogP contribution is -2.40. The standard InChI is InChI=1S/C29H35N3O5S/c1-4-5-6-7-13-37-22-10-8-20(9-11-22)27-24-25(23-16-18(2)15-19(3)28(23)33)30-31-26(24)29(34)32(27)21-12-14-38(35,36)17-21/h8-11,15-16,21,27,33H,4-7,12-14,17H2,1-3H3,(H,30,31). The Morgan fingerprint density at radius 1 is 1.13 bits per heavy atom. The molecule has 8 nitrogen and oxygen atoms in total. The van der Waals surface area contributed by atoms with Crippen LogP contribution in [-0.2, 0) is 9.84 Å². The molecule has 1 amide bonds. The van der Waals surface area contributed by atoms with E-state index < -0.39 is 21.9 Å². The lowest BCUT2D eigenvalue weighted by Gasteiger charge is -2.31. The summed E-state index contributed by atoms with van der Waals surface area (Å²) in [6.07, 6.45) is 4.89. The number of sulfone groups is 1. The quantitative estimate of drug-likeness (QED) is 0.368. The van der Waals surface area contributed by atoms with E-state index in [-0.39, 0.29) is 23.2 Å². The van der Waals surface area contributed by atoms with Crippen molar-refractivity contribution in [3.63, 3.8) is 0 Å². The van der Waals surface area contributed by atoms with Gasteiger partial charge in [0.1, 0.15) is 22.9 Å². The van der Waals surface area contributed by atoms with E-state index in [1.165, 1.54) is 12.8 Å². The molecule has 1 saturated heterocycles. The summed E-state index contributed by atoms with van der Waals surface area (Å²) in [7, 11) is -3.22. The summed E-state index contributed by atoms with van der Waals surface area (Å²) >= 11 is 0. The second-order valence-electron chi connectivity index (χ2n) is 10.5. The Kier molecular flexibility index (Phi) is 7.22. The average molecular weight is 538 g/mol. The zero-order valence-corrected chi connectivity index (χ0v) is 23.0. The minimum Gasteiger partial charge on any atom is -0.507 e. The third-order valence-electron chi connectivity index (χ3n) is 7.57. The number of carbonyl (C=O) groups is 1. The first-order valence-electron chi connectivity index (χ1n) is 13.3. The maximum Gasteiger partial charge on any atom is 0.273 e. The normalized spacial score (nSPS) is 20.2. The SMILES string of the molecule is CCCCCCOc1ccc(C2c3c(-c4cc(C)cc(C)c4O)n[nH]c3C(=O)N2C2CCS(=O)(=O)C2)cc1. The number of phenolic OH excluding ortho intramolecular Hbond substituents is 1. The van der Waals surface area contributed by atoms with Crippen molar-refractivity contribution < 1.29 is 23.1 Å². The van der Waals surface area contributed by atoms with E-state index in [1.54, 1.807) is 4.90 Å². The van der Waals surface area contributed by atoms with Gasteiger partial charge in [-0.2, -0.15) is 5.10 Å². The number of aromatic nitrogens is 2. The van der Waals surface area contributed by atoms with Crippen molar-refractivity contribution in [1.29, 1.82) is 0 Å². The van der Waals surface area contributed by atoms with Gasteiger partial charge < -0.3 is 14.7 Å². The van der Waals surface area contributed by atoms with Crippen LogP contribution in [0.25, 0.3) is 11.3 Å². The van der Waals surface area contributed by atoms with Crippen molar-refractivity contribution in [2.24, 2.45) is 0 Å². The first-order valence-corrected chi connectivity index (χ1v) is 15.2. The topological polar surface area (TPSA) is 113 Å². The molecule has 2 unspecified atom stereocenters. The zero-order valence-electron chi connectivity index (χ0n) is 22.2. The molecule has 2 atom stereocenters. The number of unbranched alkanes of at least 4 members (excludes halogenated alkanes) is 3. The highest BCUT2D eigenvalue weighted by Crippen LogP contribution is 2.47. The number of carbonyl (C=O) groups excluding carboxylic acids is 1. The van der Waals surface area contributed by atoms with Crippen molar-refractivity contribution in [3.05, 3.63) is 64.3 Å². The highest BCUT2D eigenvalue weighted by Gasteiger charge is 2.48. The minimum atomic E-state index is -3.22. The molecule has 2 aliphatic heterocycles. The van der Waals surface area contributed by atoms with Gasteiger partial charge in [0, 0.05) is 17.2 Å². The fourth-order valence-corrected chi connectivity index (χ4v) is 7.39. The molecule has 0 spiro atoms. The predicted octanol–water partition coefficient (Wildman–Crippen LogP) is 5.09. The van der Waals surface area contributed by atoms with Gasteiger partial charge in [0.05, 0.1) is 24.2 Å². The van der Waals surface area contributed by atoms with Crippen molar-refractivity contribution >= 4 is 15.7 Å². The molecule has 5 rings (SSSR count). The third-order valence-corrected chi connectivity index (χ3v) is 9.32. The van der Waals surface area contributed by atoms with E-state index in [0.29, 0.717) is 35.5 Å². The Bertz CT molecular complexity index is 1450. The monoisotopic (exact) mass is 537 g/mol. The molecule has 2 aromatic carbocycles. The molecule has 1 aromatic heterocycles. The number of aromatic amines is 1. The highest BCUT2D eigenvalue weighted by molar-refractivity contribution is 7.91. The van der Waals surface area contributed by atoms with Crippen molar-refractivity contribution in [1.82, 2.24) is 15.1 Å².